The molecule has 0 aromatic heterocycles. The van der Waals surface area contributed by atoms with Crippen LogP contribution in [0.1, 0.15) is 35.1 Å². The van der Waals surface area contributed by atoms with Crippen LogP contribution in [-0.4, -0.2) is 66.7 Å². The van der Waals surface area contributed by atoms with Gasteiger partial charge in [0.2, 0.25) is 20.0 Å². The van der Waals surface area contributed by atoms with Gasteiger partial charge in [-0.1, -0.05) is 103 Å². The van der Waals surface area contributed by atoms with Crippen molar-refractivity contribution in [3.63, 3.8) is 0 Å². The summed E-state index contributed by atoms with van der Waals surface area (Å²) >= 11 is 0. The Morgan fingerprint density at radius 2 is 0.839 bits per heavy atom. The fraction of sp³-hybridized carbons (Fsp3) is 0.240. The van der Waals surface area contributed by atoms with E-state index < -0.39 is 20.0 Å². The van der Waals surface area contributed by atoms with Crippen LogP contribution in [0.2, 0.25) is 0 Å². The van der Waals surface area contributed by atoms with Gasteiger partial charge in [-0.05, 0) is 66.4 Å². The predicted octanol–water partition coefficient (Wildman–Crippen LogP) is 9.46. The van der Waals surface area contributed by atoms with E-state index in [-0.39, 0.29) is 49.2 Å². The van der Waals surface area contributed by atoms with Crippen LogP contribution >= 0.6 is 0 Å². The minimum atomic E-state index is -4.10. The van der Waals surface area contributed by atoms with E-state index in [4.69, 9.17) is 9.47 Å². The molecular formula is C50H52N4O6S2. The number of rotatable bonds is 6. The van der Waals surface area contributed by atoms with E-state index in [1.54, 1.807) is 24.3 Å². The van der Waals surface area contributed by atoms with Crippen LogP contribution in [0.15, 0.2) is 155 Å². The van der Waals surface area contributed by atoms with Gasteiger partial charge >= 0.3 is 0 Å². The number of anilines is 2. The van der Waals surface area contributed by atoms with E-state index in [9.17, 15) is 0 Å². The van der Waals surface area contributed by atoms with Gasteiger partial charge in [0.1, 0.15) is 24.7 Å². The number of hydrogen-bond acceptors (Lipinski definition) is 8. The third-order valence-corrected chi connectivity index (χ3v) is 15.2. The van der Waals surface area contributed by atoms with Crippen molar-refractivity contribution in [1.82, 2.24) is 8.61 Å². The second-order valence-electron chi connectivity index (χ2n) is 16.0. The summed E-state index contributed by atoms with van der Waals surface area (Å²) < 4.78 is 76.1. The zero-order chi connectivity index (χ0) is 43.4. The van der Waals surface area contributed by atoms with Crippen molar-refractivity contribution in [1.29, 1.82) is 0 Å². The summed E-state index contributed by atoms with van der Waals surface area (Å²) in [5.41, 5.74) is 5.11. The standard InChI is InChI=1S/C50H52N4O6S2/c1-51(2)45-24-12-22-43-41(45)20-14-28-49(43)61(55,56)53-30-9-10-31-54(62(57,58)50-29-15-21-42-44(50)23-13-25-46(42)52(3)4)34-40-19-6-8-27-48(40)60-36-38-17-11-16-37(32-38)35-59-47-26-7-5-18-39(47)33-53/h5-8,11-29,32H,9-10,30-31,33-36H2,1-4H3. The SMILES string of the molecule is CN(C)c1cccc2c(S(=O)(=O)N3CCCCN(S(=O)(=O)c4cccc5c(N(C)C)cccc45)Cc4ccccc4OCc4cccc(c4)COc4ccccc4C3)cccc12. The molecule has 0 radical (unpaired) electrons. The van der Waals surface area contributed by atoms with Crippen LogP contribution in [0, 0.1) is 0 Å². The molecule has 62 heavy (non-hydrogen) atoms. The molecule has 8 rings (SSSR count). The summed E-state index contributed by atoms with van der Waals surface area (Å²) in [6, 6.07) is 45.2. The molecule has 0 atom stereocenters. The fourth-order valence-electron chi connectivity index (χ4n) is 8.24. The molecule has 12 heteroatoms. The van der Waals surface area contributed by atoms with Gasteiger partial charge in [-0.25, -0.2) is 16.8 Å². The lowest BCUT2D eigenvalue weighted by molar-refractivity contribution is 0.293. The molecule has 0 unspecified atom stereocenters. The Morgan fingerprint density at radius 3 is 1.27 bits per heavy atom. The highest BCUT2D eigenvalue weighted by molar-refractivity contribution is 7.89. The third kappa shape index (κ3) is 8.87. The second kappa shape index (κ2) is 18.2. The monoisotopic (exact) mass is 868 g/mol. The Balaban J connectivity index is 1.21. The van der Waals surface area contributed by atoms with E-state index in [0.29, 0.717) is 35.1 Å². The summed E-state index contributed by atoms with van der Waals surface area (Å²) in [4.78, 5) is 4.37. The summed E-state index contributed by atoms with van der Waals surface area (Å²) in [5, 5.41) is 2.92. The van der Waals surface area contributed by atoms with Crippen LogP contribution in [0.25, 0.3) is 21.5 Å². The fourth-order valence-corrected chi connectivity index (χ4v) is 11.6. The van der Waals surface area contributed by atoms with Crippen LogP contribution in [0.5, 0.6) is 11.5 Å². The molecule has 0 spiro atoms. The number of ether oxygens (including phenoxy) is 2. The van der Waals surface area contributed by atoms with Crippen LogP contribution < -0.4 is 19.3 Å². The molecule has 0 fully saturated rings. The van der Waals surface area contributed by atoms with Gasteiger partial charge in [0.05, 0.1) is 9.79 Å². The first-order chi connectivity index (χ1) is 29.9. The van der Waals surface area contributed by atoms with Gasteiger partial charge in [0, 0.05) is 98.4 Å². The Bertz CT molecular complexity index is 2760. The first-order valence-electron chi connectivity index (χ1n) is 20.8. The van der Waals surface area contributed by atoms with Gasteiger partial charge < -0.3 is 19.3 Å². The highest BCUT2D eigenvalue weighted by Crippen LogP contribution is 2.35. The third-order valence-electron chi connectivity index (χ3n) is 11.4. The Labute approximate surface area is 365 Å². The van der Waals surface area contributed by atoms with Gasteiger partial charge in [-0.15, -0.1) is 0 Å². The molecule has 320 valence electrons. The van der Waals surface area contributed by atoms with Crippen molar-refractivity contribution in [2.45, 2.75) is 48.9 Å². The molecule has 2 bridgehead atoms. The number of nitrogens with zero attached hydrogens (tertiary/aromatic N) is 4. The van der Waals surface area contributed by atoms with Crippen LogP contribution in [0.3, 0.4) is 0 Å². The molecule has 1 aliphatic heterocycles. The Morgan fingerprint density at radius 1 is 0.452 bits per heavy atom. The molecule has 0 amide bonds. The molecule has 10 nitrogen and oxygen atoms in total. The number of benzene rings is 7. The zero-order valence-electron chi connectivity index (χ0n) is 35.6. The van der Waals surface area contributed by atoms with E-state index >= 15 is 16.8 Å². The molecule has 1 heterocycles. The van der Waals surface area contributed by atoms with Gasteiger partial charge in [0.25, 0.3) is 0 Å². The minimum absolute atomic E-state index is 0.0513. The highest BCUT2D eigenvalue weighted by Gasteiger charge is 2.30. The second-order valence-corrected chi connectivity index (χ2v) is 19.9. The zero-order valence-corrected chi connectivity index (χ0v) is 37.2. The van der Waals surface area contributed by atoms with Crippen LogP contribution in [-0.2, 0) is 46.3 Å². The predicted molar refractivity (Wildman–Crippen MR) is 249 cm³/mol. The molecule has 0 aliphatic carbocycles. The largest absolute Gasteiger partial charge is 0.489 e. The lowest BCUT2D eigenvalue weighted by Crippen LogP contribution is -2.34. The number of fused-ring (bicyclic) bond motifs is 6. The van der Waals surface area contributed by atoms with E-state index in [2.05, 4.69) is 0 Å². The van der Waals surface area contributed by atoms with Crippen molar-refractivity contribution in [2.75, 3.05) is 51.1 Å². The molecule has 0 N–H and O–H groups in total. The lowest BCUT2D eigenvalue weighted by Gasteiger charge is -2.27. The van der Waals surface area contributed by atoms with E-state index in [1.807, 2.05) is 159 Å². The number of para-hydroxylation sites is 2. The Hall–Kier alpha value is -5.92. The van der Waals surface area contributed by atoms with Crippen molar-refractivity contribution in [2.24, 2.45) is 0 Å². The maximum absolute atomic E-state index is 15.1. The molecule has 7 aromatic carbocycles. The first-order valence-corrected chi connectivity index (χ1v) is 23.7. The maximum Gasteiger partial charge on any atom is 0.243 e. The van der Waals surface area contributed by atoms with Crippen molar-refractivity contribution in [3.8, 4) is 11.5 Å². The summed E-state index contributed by atoms with van der Waals surface area (Å²) in [7, 11) is -0.445. The number of hydrogen-bond donors (Lipinski definition) is 0. The van der Waals surface area contributed by atoms with Crippen molar-refractivity contribution in [3.05, 3.63) is 168 Å². The van der Waals surface area contributed by atoms with Crippen molar-refractivity contribution < 1.29 is 26.3 Å². The van der Waals surface area contributed by atoms with Crippen molar-refractivity contribution >= 4 is 53.0 Å². The molecule has 1 aliphatic rings. The summed E-state index contributed by atoms with van der Waals surface area (Å²) in [6.07, 6.45) is 0.762. The average Bonchev–Trinajstić information content (AvgIpc) is 3.27. The molecular weight excluding hydrogens is 817 g/mol. The molecule has 7 aromatic rings. The lowest BCUT2D eigenvalue weighted by atomic mass is 10.1. The smallest absolute Gasteiger partial charge is 0.243 e. The normalized spacial score (nSPS) is 15.0. The van der Waals surface area contributed by atoms with Gasteiger partial charge in [-0.2, -0.15) is 8.61 Å². The number of sulfonamides is 2. The first kappa shape index (κ1) is 42.8. The van der Waals surface area contributed by atoms with E-state index in [0.717, 1.165) is 44.4 Å². The van der Waals surface area contributed by atoms with E-state index in [1.165, 1.54) is 8.61 Å². The molecule has 0 saturated carbocycles. The molecule has 0 saturated heterocycles. The average molecular weight is 869 g/mol. The highest BCUT2D eigenvalue weighted by atomic mass is 32.2. The van der Waals surface area contributed by atoms with Crippen LogP contribution in [0.4, 0.5) is 11.4 Å². The Kier molecular flexibility index (Phi) is 12.6. The minimum Gasteiger partial charge on any atom is -0.489 e. The summed E-state index contributed by atoms with van der Waals surface area (Å²) in [6.45, 7) is 0.905. The maximum atomic E-state index is 15.1. The van der Waals surface area contributed by atoms with Gasteiger partial charge in [-0.3, -0.25) is 0 Å². The quantitative estimate of drug-likeness (QED) is 0.163. The van der Waals surface area contributed by atoms with Gasteiger partial charge in [0.15, 0.2) is 0 Å². The summed E-state index contributed by atoms with van der Waals surface area (Å²) in [5.74, 6) is 1.16. The topological polar surface area (TPSA) is 99.7 Å².